The minimum atomic E-state index is -0.976. The molecule has 4 aromatic rings. The van der Waals surface area contributed by atoms with E-state index in [1.54, 1.807) is 57.3 Å². The molecule has 0 fully saturated rings. The number of ketones is 1. The minimum Gasteiger partial charge on any atom is -0.417 e. The molecular weight excluding hydrogens is 498 g/mol. The average molecular weight is 530 g/mol. The lowest BCUT2D eigenvalue weighted by atomic mass is 9.89. The molecule has 0 saturated carbocycles. The van der Waals surface area contributed by atoms with Gasteiger partial charge in [-0.3, -0.25) is 23.9 Å². The number of nitrogens with zero attached hydrogens (tertiary/aromatic N) is 5. The van der Waals surface area contributed by atoms with E-state index in [2.05, 4.69) is 25.5 Å². The van der Waals surface area contributed by atoms with Gasteiger partial charge in [-0.2, -0.15) is 0 Å². The van der Waals surface area contributed by atoms with E-state index in [-0.39, 0.29) is 23.4 Å². The van der Waals surface area contributed by atoms with Gasteiger partial charge in [0.05, 0.1) is 22.8 Å². The second-order valence-electron chi connectivity index (χ2n) is 10.1. The first kappa shape index (κ1) is 27.4. The highest BCUT2D eigenvalue weighted by atomic mass is 16.4. The van der Waals surface area contributed by atoms with Crippen molar-refractivity contribution in [3.05, 3.63) is 88.3 Å². The Morgan fingerprint density at radius 2 is 1.77 bits per heavy atom. The number of amides is 1. The van der Waals surface area contributed by atoms with Gasteiger partial charge in [0.25, 0.3) is 11.4 Å². The van der Waals surface area contributed by atoms with Gasteiger partial charge in [0.2, 0.25) is 17.6 Å². The maximum atomic E-state index is 13.4. The van der Waals surface area contributed by atoms with E-state index in [9.17, 15) is 14.4 Å². The van der Waals surface area contributed by atoms with E-state index in [0.29, 0.717) is 22.8 Å². The number of carbonyl (C=O) groups is 2. The number of pyridine rings is 1. The standard InChI is InChI=1S/C28H31N7O4/c1-16(2)22(23(37)25-33-34-27(39-25)28(4,5)19-13-9-10-14-30-19)32-20(36)15-35-24(18-11-7-6-8-12-18)31-17(3)21(29)26(35)38/h6-14,16,22H,15,29H2,1-5H3,(H,32,36)/t22-/m1/s1. The van der Waals surface area contributed by atoms with Gasteiger partial charge < -0.3 is 15.5 Å². The predicted molar refractivity (Wildman–Crippen MR) is 145 cm³/mol. The van der Waals surface area contributed by atoms with Crippen molar-refractivity contribution in [1.29, 1.82) is 0 Å². The second-order valence-corrected chi connectivity index (χ2v) is 10.1. The predicted octanol–water partition coefficient (Wildman–Crippen LogP) is 2.93. The van der Waals surface area contributed by atoms with Gasteiger partial charge >= 0.3 is 0 Å². The van der Waals surface area contributed by atoms with Crippen molar-refractivity contribution < 1.29 is 14.0 Å². The van der Waals surface area contributed by atoms with Crippen molar-refractivity contribution in [3.8, 4) is 11.4 Å². The molecule has 0 aliphatic heterocycles. The van der Waals surface area contributed by atoms with Crippen molar-refractivity contribution in [2.75, 3.05) is 5.73 Å². The summed E-state index contributed by atoms with van der Waals surface area (Å²) in [6.07, 6.45) is 1.66. The first-order chi connectivity index (χ1) is 18.5. The normalized spacial score (nSPS) is 12.4. The third kappa shape index (κ3) is 5.62. The Balaban J connectivity index is 1.58. The number of carbonyl (C=O) groups excluding carboxylic acids is 2. The summed E-state index contributed by atoms with van der Waals surface area (Å²) in [4.78, 5) is 48.4. The molecule has 3 heterocycles. The number of nitrogens with one attached hydrogen (secondary N) is 1. The molecule has 202 valence electrons. The Bertz CT molecular complexity index is 1540. The van der Waals surface area contributed by atoms with E-state index in [1.165, 1.54) is 4.57 Å². The van der Waals surface area contributed by atoms with E-state index < -0.39 is 35.3 Å². The quantitative estimate of drug-likeness (QED) is 0.311. The fourth-order valence-electron chi connectivity index (χ4n) is 4.08. The van der Waals surface area contributed by atoms with Crippen molar-refractivity contribution in [2.45, 2.75) is 52.6 Å². The lowest BCUT2D eigenvalue weighted by Crippen LogP contribution is -2.46. The van der Waals surface area contributed by atoms with Gasteiger partial charge in [-0.05, 0) is 38.8 Å². The van der Waals surface area contributed by atoms with Crippen LogP contribution in [-0.2, 0) is 16.8 Å². The molecule has 3 N–H and O–H groups in total. The molecule has 0 aliphatic carbocycles. The summed E-state index contributed by atoms with van der Waals surface area (Å²) in [6, 6.07) is 13.5. The van der Waals surface area contributed by atoms with Crippen LogP contribution in [-0.4, -0.2) is 42.5 Å². The lowest BCUT2D eigenvalue weighted by Gasteiger charge is -2.21. The van der Waals surface area contributed by atoms with Crippen LogP contribution in [0.4, 0.5) is 5.69 Å². The van der Waals surface area contributed by atoms with Crippen molar-refractivity contribution in [3.63, 3.8) is 0 Å². The number of nitrogens with two attached hydrogens (primary N) is 1. The molecule has 39 heavy (non-hydrogen) atoms. The highest BCUT2D eigenvalue weighted by Crippen LogP contribution is 2.29. The summed E-state index contributed by atoms with van der Waals surface area (Å²) in [5.41, 5.74) is 6.33. The summed E-state index contributed by atoms with van der Waals surface area (Å²) >= 11 is 0. The van der Waals surface area contributed by atoms with Crippen LogP contribution in [0.15, 0.2) is 63.9 Å². The number of hydrogen-bond acceptors (Lipinski definition) is 9. The molecule has 1 atom stereocenters. The Kier molecular flexibility index (Phi) is 7.70. The molecule has 0 spiro atoms. The number of rotatable bonds is 9. The highest BCUT2D eigenvalue weighted by Gasteiger charge is 2.35. The Hall–Kier alpha value is -4.67. The van der Waals surface area contributed by atoms with Crippen LogP contribution < -0.4 is 16.6 Å². The van der Waals surface area contributed by atoms with E-state index >= 15 is 0 Å². The number of Topliss-reactive ketones (excluding diaryl/α,β-unsaturated/α-hetero) is 1. The number of hydrogen-bond donors (Lipinski definition) is 2. The molecule has 1 amide bonds. The molecule has 0 unspecified atom stereocenters. The van der Waals surface area contributed by atoms with Crippen LogP contribution in [0.2, 0.25) is 0 Å². The largest absolute Gasteiger partial charge is 0.417 e. The Labute approximate surface area is 225 Å². The molecule has 11 nitrogen and oxygen atoms in total. The van der Waals surface area contributed by atoms with Crippen LogP contribution >= 0.6 is 0 Å². The summed E-state index contributed by atoms with van der Waals surface area (Å²) in [5.74, 6) is -1.12. The fourth-order valence-corrected chi connectivity index (χ4v) is 4.08. The van der Waals surface area contributed by atoms with Crippen LogP contribution in [0.25, 0.3) is 11.4 Å². The molecule has 3 aromatic heterocycles. The molecule has 0 radical (unpaired) electrons. The van der Waals surface area contributed by atoms with Gasteiger partial charge in [0, 0.05) is 11.8 Å². The molecule has 1 aromatic carbocycles. The first-order valence-electron chi connectivity index (χ1n) is 12.5. The summed E-state index contributed by atoms with van der Waals surface area (Å²) in [6.45, 7) is 8.54. The Morgan fingerprint density at radius 3 is 2.41 bits per heavy atom. The van der Waals surface area contributed by atoms with Gasteiger partial charge in [-0.1, -0.05) is 50.2 Å². The van der Waals surface area contributed by atoms with Gasteiger partial charge in [0.15, 0.2) is 0 Å². The van der Waals surface area contributed by atoms with Crippen LogP contribution in [0.5, 0.6) is 0 Å². The van der Waals surface area contributed by atoms with E-state index in [0.717, 1.165) is 0 Å². The van der Waals surface area contributed by atoms with Crippen molar-refractivity contribution in [1.82, 2.24) is 30.0 Å². The third-order valence-corrected chi connectivity index (χ3v) is 6.47. The molecule has 4 rings (SSSR count). The van der Waals surface area contributed by atoms with E-state index in [1.807, 2.05) is 32.0 Å². The second kappa shape index (κ2) is 11.0. The molecule has 0 aliphatic rings. The van der Waals surface area contributed by atoms with Crippen LogP contribution in [0, 0.1) is 12.8 Å². The number of nitrogen functional groups attached to an aromatic ring is 1. The zero-order chi connectivity index (χ0) is 28.3. The molecule has 0 saturated heterocycles. The first-order valence-corrected chi connectivity index (χ1v) is 12.5. The maximum Gasteiger partial charge on any atom is 0.286 e. The number of aryl methyl sites for hydroxylation is 1. The topological polar surface area (TPSA) is 159 Å². The number of anilines is 1. The lowest BCUT2D eigenvalue weighted by molar-refractivity contribution is -0.122. The van der Waals surface area contributed by atoms with Crippen LogP contribution in [0.3, 0.4) is 0 Å². The molecular formula is C28H31N7O4. The van der Waals surface area contributed by atoms with Gasteiger partial charge in [-0.15, -0.1) is 10.2 Å². The zero-order valence-corrected chi connectivity index (χ0v) is 22.5. The minimum absolute atomic E-state index is 0.0483. The maximum absolute atomic E-state index is 13.4. The smallest absolute Gasteiger partial charge is 0.286 e. The summed E-state index contributed by atoms with van der Waals surface area (Å²) in [5, 5.41) is 10.8. The zero-order valence-electron chi connectivity index (χ0n) is 22.5. The number of benzene rings is 1. The summed E-state index contributed by atoms with van der Waals surface area (Å²) in [7, 11) is 0. The average Bonchev–Trinajstić information content (AvgIpc) is 3.44. The monoisotopic (exact) mass is 529 g/mol. The van der Waals surface area contributed by atoms with Crippen molar-refractivity contribution >= 4 is 17.4 Å². The Morgan fingerprint density at radius 1 is 1.08 bits per heavy atom. The SMILES string of the molecule is Cc1nc(-c2ccccc2)n(CC(=O)N[C@@H](C(=O)c2nnc(C(C)(C)c3ccccn3)o2)C(C)C)c(=O)c1N. The van der Waals surface area contributed by atoms with Gasteiger partial charge in [0.1, 0.15) is 18.1 Å². The molecule has 0 bridgehead atoms. The highest BCUT2D eigenvalue weighted by molar-refractivity contribution is 5.98. The number of aromatic nitrogens is 5. The fraction of sp³-hybridized carbons (Fsp3) is 0.321. The summed E-state index contributed by atoms with van der Waals surface area (Å²) < 4.78 is 6.98. The van der Waals surface area contributed by atoms with E-state index in [4.69, 9.17) is 10.2 Å². The van der Waals surface area contributed by atoms with Crippen LogP contribution in [0.1, 0.15) is 55.7 Å². The molecule has 11 heteroatoms. The van der Waals surface area contributed by atoms with Crippen molar-refractivity contribution in [2.24, 2.45) is 5.92 Å². The third-order valence-electron chi connectivity index (χ3n) is 6.47. The van der Waals surface area contributed by atoms with Gasteiger partial charge in [-0.25, -0.2) is 4.98 Å².